The maximum Gasteiger partial charge on any atom is 0.146 e. The number of carbonyl (C=O) groups is 1. The minimum atomic E-state index is 0.309. The Bertz CT molecular complexity index is 119. The molecular weight excluding hydrogens is 164 g/mol. The third-order valence-corrected chi connectivity index (χ3v) is 4.51. The molecule has 1 nitrogen and oxygen atoms in total. The highest BCUT2D eigenvalue weighted by Gasteiger charge is 2.20. The molecule has 0 aromatic rings. The molecule has 0 N–H and O–H groups in total. The van der Waals surface area contributed by atoms with E-state index in [1.807, 2.05) is 17.7 Å². The first-order valence-electron chi connectivity index (χ1n) is 3.65. The Hall–Kier alpha value is 0.370. The van der Waals surface area contributed by atoms with Crippen molar-refractivity contribution in [3.05, 3.63) is 0 Å². The second-order valence-electron chi connectivity index (χ2n) is 2.37. The van der Waals surface area contributed by atoms with Gasteiger partial charge in [-0.15, -0.1) is 0 Å². The Kier molecular flexibility index (Phi) is 3.63. The van der Waals surface area contributed by atoms with Gasteiger partial charge in [0, 0.05) is 12.2 Å². The van der Waals surface area contributed by atoms with Crippen LogP contribution in [0.5, 0.6) is 0 Å². The van der Waals surface area contributed by atoms with Crippen LogP contribution in [0.1, 0.15) is 26.2 Å². The van der Waals surface area contributed by atoms with Gasteiger partial charge in [0.15, 0.2) is 0 Å². The van der Waals surface area contributed by atoms with Crippen molar-refractivity contribution in [2.45, 2.75) is 31.4 Å². The van der Waals surface area contributed by atoms with Gasteiger partial charge in [0.2, 0.25) is 0 Å². The third-order valence-electron chi connectivity index (χ3n) is 1.59. The molecule has 1 aliphatic heterocycles. The summed E-state index contributed by atoms with van der Waals surface area (Å²) >= 11 is 0. The van der Waals surface area contributed by atoms with E-state index in [9.17, 15) is 4.79 Å². The van der Waals surface area contributed by atoms with Gasteiger partial charge in [-0.2, -0.15) is 0 Å². The molecule has 1 heterocycles. The zero-order valence-corrected chi connectivity index (χ0v) is 7.76. The first-order valence-corrected chi connectivity index (χ1v) is 6.03. The molecule has 0 amide bonds. The lowest BCUT2D eigenvalue weighted by molar-refractivity contribution is -0.118. The molecule has 1 aliphatic rings. The molecule has 0 bridgehead atoms. The van der Waals surface area contributed by atoms with E-state index in [0.29, 0.717) is 17.5 Å². The van der Waals surface area contributed by atoms with Crippen molar-refractivity contribution < 1.29 is 4.79 Å². The van der Waals surface area contributed by atoms with Crippen molar-refractivity contribution in [3.8, 4) is 0 Å². The van der Waals surface area contributed by atoms with Gasteiger partial charge in [-0.3, -0.25) is 4.79 Å². The monoisotopic (exact) mass is 176 g/mol. The fraction of sp³-hybridized carbons (Fsp3) is 0.857. The largest absolute Gasteiger partial charge is 0.298 e. The van der Waals surface area contributed by atoms with E-state index in [1.54, 1.807) is 10.8 Å². The molecule has 58 valence electrons. The molecule has 0 aromatic carbocycles. The van der Waals surface area contributed by atoms with Crippen molar-refractivity contribution in [1.82, 2.24) is 0 Å². The fourth-order valence-corrected chi connectivity index (χ4v) is 3.78. The topological polar surface area (TPSA) is 17.1 Å². The molecule has 1 rings (SSSR count). The minimum absolute atomic E-state index is 0.309. The highest BCUT2D eigenvalue weighted by atomic mass is 33.1. The van der Waals surface area contributed by atoms with Gasteiger partial charge < -0.3 is 0 Å². The average molecular weight is 176 g/mol. The summed E-state index contributed by atoms with van der Waals surface area (Å²) in [6.07, 6.45) is 3.02. The van der Waals surface area contributed by atoms with Gasteiger partial charge in [0.05, 0.1) is 5.25 Å². The van der Waals surface area contributed by atoms with Crippen LogP contribution in [0.3, 0.4) is 0 Å². The maximum absolute atomic E-state index is 11.1. The smallest absolute Gasteiger partial charge is 0.146 e. The van der Waals surface area contributed by atoms with Gasteiger partial charge >= 0.3 is 0 Å². The Morgan fingerprint density at radius 3 is 3.00 bits per heavy atom. The predicted octanol–water partition coefficient (Wildman–Crippen LogP) is 2.51. The summed E-state index contributed by atoms with van der Waals surface area (Å²) in [5.41, 5.74) is 0. The molecule has 1 atom stereocenters. The summed E-state index contributed by atoms with van der Waals surface area (Å²) in [6.45, 7) is 1.95. The Morgan fingerprint density at radius 2 is 2.50 bits per heavy atom. The molecule has 1 unspecified atom stereocenters. The lowest BCUT2D eigenvalue weighted by atomic mass is 10.1. The van der Waals surface area contributed by atoms with Gasteiger partial charge in [-0.25, -0.2) is 0 Å². The number of carbonyl (C=O) groups excluding carboxylic acids is 1. The van der Waals surface area contributed by atoms with Crippen LogP contribution in [-0.2, 0) is 4.79 Å². The molecule has 3 heteroatoms. The van der Waals surface area contributed by atoms with E-state index < -0.39 is 0 Å². The zero-order valence-electron chi connectivity index (χ0n) is 6.13. The van der Waals surface area contributed by atoms with Crippen molar-refractivity contribution in [1.29, 1.82) is 0 Å². The molecule has 1 saturated heterocycles. The van der Waals surface area contributed by atoms with E-state index in [2.05, 4.69) is 0 Å². The van der Waals surface area contributed by atoms with Crippen LogP contribution in [-0.4, -0.2) is 16.8 Å². The molecule has 0 aliphatic carbocycles. The zero-order chi connectivity index (χ0) is 7.40. The van der Waals surface area contributed by atoms with Gasteiger partial charge in [-0.1, -0.05) is 28.5 Å². The molecule has 0 radical (unpaired) electrons. The Morgan fingerprint density at radius 1 is 1.70 bits per heavy atom. The standard InChI is InChI=1S/C7H12OS2/c1-2-6(8)7-4-3-5-9-10-7/h7H,2-5H2,1H3. The Balaban J connectivity index is 2.31. The number of hydrogen-bond acceptors (Lipinski definition) is 3. The van der Waals surface area contributed by atoms with E-state index in [0.717, 1.165) is 6.42 Å². The van der Waals surface area contributed by atoms with E-state index in [1.165, 1.54) is 12.2 Å². The summed E-state index contributed by atoms with van der Waals surface area (Å²) in [6, 6.07) is 0. The van der Waals surface area contributed by atoms with Crippen molar-refractivity contribution >= 4 is 27.4 Å². The van der Waals surface area contributed by atoms with Crippen LogP contribution >= 0.6 is 21.6 Å². The number of rotatable bonds is 2. The normalized spacial score (nSPS) is 26.3. The van der Waals surface area contributed by atoms with E-state index in [-0.39, 0.29) is 0 Å². The number of hydrogen-bond donors (Lipinski definition) is 0. The van der Waals surface area contributed by atoms with Crippen LogP contribution < -0.4 is 0 Å². The lowest BCUT2D eigenvalue weighted by Crippen LogP contribution is -2.17. The van der Waals surface area contributed by atoms with Crippen LogP contribution in [0.2, 0.25) is 0 Å². The second-order valence-corrected chi connectivity index (χ2v) is 5.06. The molecule has 1 fully saturated rings. The summed E-state index contributed by atoms with van der Waals surface area (Å²) in [7, 11) is 3.61. The van der Waals surface area contributed by atoms with Crippen LogP contribution in [0, 0.1) is 0 Å². The third kappa shape index (κ3) is 2.20. The SMILES string of the molecule is CCC(=O)C1CCCSS1. The van der Waals surface area contributed by atoms with Gasteiger partial charge in [0.1, 0.15) is 5.78 Å². The van der Waals surface area contributed by atoms with Crippen LogP contribution in [0.15, 0.2) is 0 Å². The van der Waals surface area contributed by atoms with Gasteiger partial charge in [0.25, 0.3) is 0 Å². The first kappa shape index (κ1) is 8.47. The summed E-state index contributed by atoms with van der Waals surface area (Å²) in [4.78, 5) is 11.1. The molecule has 0 spiro atoms. The van der Waals surface area contributed by atoms with Crippen molar-refractivity contribution in [3.63, 3.8) is 0 Å². The first-order chi connectivity index (χ1) is 4.84. The second kappa shape index (κ2) is 4.29. The molecule has 10 heavy (non-hydrogen) atoms. The quantitative estimate of drug-likeness (QED) is 0.602. The predicted molar refractivity (Wildman–Crippen MR) is 48.4 cm³/mol. The lowest BCUT2D eigenvalue weighted by Gasteiger charge is -2.17. The molecular formula is C7H12OS2. The summed E-state index contributed by atoms with van der Waals surface area (Å²) in [5.74, 6) is 1.65. The molecule has 0 saturated carbocycles. The van der Waals surface area contributed by atoms with Crippen molar-refractivity contribution in [2.24, 2.45) is 0 Å². The highest BCUT2D eigenvalue weighted by Crippen LogP contribution is 2.36. The summed E-state index contributed by atoms with van der Waals surface area (Å²) in [5, 5.41) is 0.309. The maximum atomic E-state index is 11.1. The Labute approximate surface area is 69.7 Å². The van der Waals surface area contributed by atoms with E-state index in [4.69, 9.17) is 0 Å². The van der Waals surface area contributed by atoms with Gasteiger partial charge in [-0.05, 0) is 12.8 Å². The van der Waals surface area contributed by atoms with E-state index >= 15 is 0 Å². The number of ketones is 1. The average Bonchev–Trinajstić information content (AvgIpc) is 2.05. The van der Waals surface area contributed by atoms with Crippen LogP contribution in [0.25, 0.3) is 0 Å². The summed E-state index contributed by atoms with van der Waals surface area (Å²) < 4.78 is 0. The highest BCUT2D eigenvalue weighted by molar-refractivity contribution is 8.77. The minimum Gasteiger partial charge on any atom is -0.298 e. The fourth-order valence-electron chi connectivity index (χ4n) is 0.948. The van der Waals surface area contributed by atoms with Crippen molar-refractivity contribution in [2.75, 3.05) is 5.75 Å². The molecule has 0 aromatic heterocycles. The number of Topliss-reactive ketones (excluding diaryl/α,β-unsaturated/α-hetero) is 1. The van der Waals surface area contributed by atoms with Crippen LogP contribution in [0.4, 0.5) is 0 Å².